The average molecular weight is 338 g/mol. The second-order valence-corrected chi connectivity index (χ2v) is 7.47. The normalized spacial score (nSPS) is 24.4. The van der Waals surface area contributed by atoms with Gasteiger partial charge in [0.25, 0.3) is 0 Å². The first-order valence-electron chi connectivity index (χ1n) is 9.20. The fraction of sp³-hybridized carbons (Fsp3) is 0.500. The van der Waals surface area contributed by atoms with Crippen LogP contribution in [-0.4, -0.2) is 39.2 Å². The molecule has 4 rings (SSSR count). The number of likely N-dealkylation sites (tertiary alicyclic amines) is 1. The van der Waals surface area contributed by atoms with Gasteiger partial charge in [-0.2, -0.15) is 5.10 Å². The number of aromatic nitrogens is 2. The van der Waals surface area contributed by atoms with Gasteiger partial charge >= 0.3 is 0 Å². The molecule has 0 aliphatic carbocycles. The van der Waals surface area contributed by atoms with Gasteiger partial charge in [-0.05, 0) is 51.3 Å². The molecule has 2 saturated heterocycles. The molecule has 2 aromatic rings. The third-order valence-corrected chi connectivity index (χ3v) is 5.72. The van der Waals surface area contributed by atoms with E-state index in [1.807, 2.05) is 22.8 Å². The van der Waals surface area contributed by atoms with Crippen molar-refractivity contribution >= 4 is 11.6 Å². The summed E-state index contributed by atoms with van der Waals surface area (Å²) in [5.74, 6) is 0.281. The monoisotopic (exact) mass is 338 g/mol. The van der Waals surface area contributed by atoms with Gasteiger partial charge in [-0.1, -0.05) is 17.7 Å². The molecule has 0 bridgehead atoms. The highest BCUT2D eigenvalue weighted by Crippen LogP contribution is 2.40. The van der Waals surface area contributed by atoms with Gasteiger partial charge in [-0.15, -0.1) is 0 Å². The molecule has 132 valence electrons. The van der Waals surface area contributed by atoms with Crippen LogP contribution >= 0.6 is 0 Å². The highest BCUT2D eigenvalue weighted by molar-refractivity contribution is 6.01. The molecule has 0 N–H and O–H groups in total. The van der Waals surface area contributed by atoms with Gasteiger partial charge in [0.15, 0.2) is 0 Å². The molecule has 2 aliphatic heterocycles. The second kappa shape index (κ2) is 6.30. The summed E-state index contributed by atoms with van der Waals surface area (Å²) in [7, 11) is 1.94. The van der Waals surface area contributed by atoms with Crippen LogP contribution in [0.5, 0.6) is 0 Å². The second-order valence-electron chi connectivity index (χ2n) is 7.47. The Morgan fingerprint density at radius 3 is 2.52 bits per heavy atom. The van der Waals surface area contributed by atoms with E-state index in [9.17, 15) is 4.79 Å². The van der Waals surface area contributed by atoms with Gasteiger partial charge in [0.1, 0.15) is 5.54 Å². The molecule has 1 spiro atoms. The van der Waals surface area contributed by atoms with E-state index in [2.05, 4.69) is 47.4 Å². The van der Waals surface area contributed by atoms with Crippen molar-refractivity contribution in [3.05, 3.63) is 47.8 Å². The summed E-state index contributed by atoms with van der Waals surface area (Å²) in [6.07, 6.45) is 8.05. The number of piperidine rings is 1. The lowest BCUT2D eigenvalue weighted by atomic mass is 9.85. The summed E-state index contributed by atoms with van der Waals surface area (Å²) in [4.78, 5) is 17.9. The Morgan fingerprint density at radius 2 is 1.84 bits per heavy atom. The third kappa shape index (κ3) is 2.86. The summed E-state index contributed by atoms with van der Waals surface area (Å²) >= 11 is 0. The minimum atomic E-state index is -0.334. The van der Waals surface area contributed by atoms with E-state index in [0.29, 0.717) is 0 Å². The Labute approximate surface area is 149 Å². The number of carbonyl (C=O) groups excluding carboxylic acids is 1. The highest BCUT2D eigenvalue weighted by Gasteiger charge is 2.50. The summed E-state index contributed by atoms with van der Waals surface area (Å²) in [5, 5.41) is 4.28. The maximum absolute atomic E-state index is 13.5. The van der Waals surface area contributed by atoms with Crippen LogP contribution in [0.25, 0.3) is 0 Å². The lowest BCUT2D eigenvalue weighted by molar-refractivity contribution is -0.131. The van der Waals surface area contributed by atoms with Crippen molar-refractivity contribution in [1.82, 2.24) is 14.7 Å². The average Bonchev–Trinajstić information content (AvgIpc) is 3.19. The number of hydrogen-bond donors (Lipinski definition) is 0. The van der Waals surface area contributed by atoms with Gasteiger partial charge in [0, 0.05) is 37.6 Å². The number of rotatable bonds is 3. The van der Waals surface area contributed by atoms with Gasteiger partial charge < -0.3 is 4.90 Å². The molecule has 1 amide bonds. The van der Waals surface area contributed by atoms with Gasteiger partial charge in [-0.25, -0.2) is 0 Å². The Balaban J connectivity index is 1.60. The number of benzene rings is 1. The van der Waals surface area contributed by atoms with Crippen molar-refractivity contribution in [3.63, 3.8) is 0 Å². The van der Waals surface area contributed by atoms with Crippen LogP contribution in [0, 0.1) is 6.92 Å². The van der Waals surface area contributed by atoms with Gasteiger partial charge in [0.05, 0.1) is 6.20 Å². The van der Waals surface area contributed by atoms with Crippen LogP contribution in [0.4, 0.5) is 5.69 Å². The zero-order valence-electron chi connectivity index (χ0n) is 15.1. The quantitative estimate of drug-likeness (QED) is 0.864. The van der Waals surface area contributed by atoms with Crippen molar-refractivity contribution in [2.45, 2.75) is 44.7 Å². The molecular formula is C20H26N4O. The Morgan fingerprint density at radius 1 is 1.12 bits per heavy atom. The smallest absolute Gasteiger partial charge is 0.247 e. The minimum absolute atomic E-state index is 0.281. The maximum atomic E-state index is 13.5. The van der Waals surface area contributed by atoms with Crippen LogP contribution in [0.3, 0.4) is 0 Å². The first kappa shape index (κ1) is 16.3. The van der Waals surface area contributed by atoms with E-state index in [-0.39, 0.29) is 11.4 Å². The molecule has 1 aromatic heterocycles. The number of anilines is 1. The van der Waals surface area contributed by atoms with Crippen molar-refractivity contribution in [1.29, 1.82) is 0 Å². The van der Waals surface area contributed by atoms with E-state index in [4.69, 9.17) is 0 Å². The SMILES string of the molecule is Cc1ccc(N2CCCC3(CCCN3Cc3cnn(C)c3)C2=O)cc1. The van der Waals surface area contributed by atoms with Crippen LogP contribution in [0.15, 0.2) is 36.7 Å². The largest absolute Gasteiger partial charge is 0.311 e. The molecule has 5 heteroatoms. The van der Waals surface area contributed by atoms with E-state index >= 15 is 0 Å². The fourth-order valence-corrected chi connectivity index (χ4v) is 4.42. The molecule has 0 saturated carbocycles. The van der Waals surface area contributed by atoms with Crippen LogP contribution in [-0.2, 0) is 18.4 Å². The topological polar surface area (TPSA) is 41.4 Å². The van der Waals surface area contributed by atoms with Crippen molar-refractivity contribution in [2.24, 2.45) is 7.05 Å². The fourth-order valence-electron chi connectivity index (χ4n) is 4.42. The first-order valence-corrected chi connectivity index (χ1v) is 9.20. The zero-order chi connectivity index (χ0) is 17.4. The maximum Gasteiger partial charge on any atom is 0.247 e. The van der Waals surface area contributed by atoms with Crippen molar-refractivity contribution in [2.75, 3.05) is 18.0 Å². The molecule has 1 aromatic carbocycles. The number of aryl methyl sites for hydroxylation is 2. The summed E-state index contributed by atoms with van der Waals surface area (Å²) < 4.78 is 1.83. The molecule has 3 heterocycles. The van der Waals surface area contributed by atoms with E-state index < -0.39 is 0 Å². The Hall–Kier alpha value is -2.14. The lowest BCUT2D eigenvalue weighted by Crippen LogP contribution is -2.59. The van der Waals surface area contributed by atoms with Gasteiger partial charge in [-0.3, -0.25) is 14.4 Å². The lowest BCUT2D eigenvalue weighted by Gasteiger charge is -2.44. The summed E-state index contributed by atoms with van der Waals surface area (Å²) in [6, 6.07) is 8.33. The van der Waals surface area contributed by atoms with Crippen molar-refractivity contribution in [3.8, 4) is 0 Å². The zero-order valence-corrected chi connectivity index (χ0v) is 15.1. The number of carbonyl (C=O) groups is 1. The molecule has 1 unspecified atom stereocenters. The molecule has 5 nitrogen and oxygen atoms in total. The molecule has 25 heavy (non-hydrogen) atoms. The standard InChI is InChI=1S/C20H26N4O/c1-16-5-7-18(8-6-16)24-12-4-10-20(19(24)25)9-3-11-23(20)15-17-13-21-22(2)14-17/h5-8,13-14H,3-4,9-12,15H2,1-2H3. The van der Waals surface area contributed by atoms with Gasteiger partial charge in [0.2, 0.25) is 5.91 Å². The van der Waals surface area contributed by atoms with Crippen LogP contribution < -0.4 is 4.90 Å². The summed E-state index contributed by atoms with van der Waals surface area (Å²) in [5.41, 5.74) is 3.10. The predicted molar refractivity (Wildman–Crippen MR) is 98.3 cm³/mol. The van der Waals surface area contributed by atoms with E-state index in [1.54, 1.807) is 0 Å². The van der Waals surface area contributed by atoms with Crippen molar-refractivity contribution < 1.29 is 4.79 Å². The molecule has 0 radical (unpaired) electrons. The summed E-state index contributed by atoms with van der Waals surface area (Å²) in [6.45, 7) is 4.70. The molecule has 2 aliphatic rings. The third-order valence-electron chi connectivity index (χ3n) is 5.72. The molecule has 2 fully saturated rings. The minimum Gasteiger partial charge on any atom is -0.311 e. The predicted octanol–water partition coefficient (Wildman–Crippen LogP) is 2.89. The van der Waals surface area contributed by atoms with Crippen LogP contribution in [0.1, 0.15) is 36.8 Å². The van der Waals surface area contributed by atoms with E-state index in [0.717, 1.165) is 51.0 Å². The number of hydrogen-bond acceptors (Lipinski definition) is 3. The molecular weight excluding hydrogens is 312 g/mol. The van der Waals surface area contributed by atoms with E-state index in [1.165, 1.54) is 11.1 Å². The number of nitrogens with zero attached hydrogens (tertiary/aromatic N) is 4. The number of amides is 1. The first-order chi connectivity index (χ1) is 12.1. The highest BCUT2D eigenvalue weighted by atomic mass is 16.2. The Bertz CT molecular complexity index is 766. The Kier molecular flexibility index (Phi) is 4.12. The van der Waals surface area contributed by atoms with Crippen LogP contribution in [0.2, 0.25) is 0 Å². The molecule has 1 atom stereocenters.